The molecular weight excluding hydrogens is 370 g/mol. The summed E-state index contributed by atoms with van der Waals surface area (Å²) in [4.78, 5) is 15.2. The van der Waals surface area contributed by atoms with E-state index in [1.807, 2.05) is 4.90 Å². The van der Waals surface area contributed by atoms with Crippen LogP contribution in [0.5, 0.6) is 0 Å². The van der Waals surface area contributed by atoms with Gasteiger partial charge >= 0.3 is 0 Å². The van der Waals surface area contributed by atoms with Crippen LogP contribution in [-0.2, 0) is 15.6 Å². The van der Waals surface area contributed by atoms with Crippen molar-refractivity contribution in [2.24, 2.45) is 5.92 Å². The second kappa shape index (κ2) is 9.37. The molecule has 5 heteroatoms. The van der Waals surface area contributed by atoms with E-state index in [2.05, 4.69) is 6.92 Å². The summed E-state index contributed by atoms with van der Waals surface area (Å²) in [5, 5.41) is 0. The Hall–Kier alpha value is -2.14. The van der Waals surface area contributed by atoms with Gasteiger partial charge in [0.25, 0.3) is 5.91 Å². The number of carbonyl (C=O) groups is 1. The number of rotatable bonds is 6. The third-order valence-electron chi connectivity index (χ3n) is 5.46. The van der Waals surface area contributed by atoms with Gasteiger partial charge < -0.3 is 4.90 Å². The number of carbonyl (C=O) groups excluding carboxylic acids is 1. The lowest BCUT2D eigenvalue weighted by atomic mass is 9.96. The van der Waals surface area contributed by atoms with Crippen molar-refractivity contribution in [1.82, 2.24) is 4.90 Å². The maximum Gasteiger partial charge on any atom is 0.253 e. The quantitative estimate of drug-likeness (QED) is 0.707. The van der Waals surface area contributed by atoms with E-state index >= 15 is 0 Å². The summed E-state index contributed by atoms with van der Waals surface area (Å²) in [5.41, 5.74) is 1.23. The standard InChI is InChI=1S/C23H29NO3S/c1-2-8-19-10-7-15-24(16-14-19)23(25)21-11-6-9-20(17-21)18-28(26,27)22-12-4-3-5-13-22/h3-6,9,11-13,17,19H,2,7-8,10,14-16,18H2,1H3. The average molecular weight is 400 g/mol. The predicted molar refractivity (Wildman–Crippen MR) is 112 cm³/mol. The average Bonchev–Trinajstić information content (AvgIpc) is 2.94. The van der Waals surface area contributed by atoms with Crippen LogP contribution in [0.4, 0.5) is 0 Å². The molecule has 0 aliphatic carbocycles. The zero-order valence-corrected chi connectivity index (χ0v) is 17.3. The minimum absolute atomic E-state index is 0.0103. The van der Waals surface area contributed by atoms with Gasteiger partial charge in [0.05, 0.1) is 10.6 Å². The summed E-state index contributed by atoms with van der Waals surface area (Å²) in [5.74, 6) is 0.623. The van der Waals surface area contributed by atoms with Crippen LogP contribution in [0, 0.1) is 5.92 Å². The molecule has 2 aromatic carbocycles. The number of hydrogen-bond donors (Lipinski definition) is 0. The van der Waals surface area contributed by atoms with Crippen molar-refractivity contribution < 1.29 is 13.2 Å². The first kappa shape index (κ1) is 20.6. The Morgan fingerprint density at radius 3 is 2.57 bits per heavy atom. The van der Waals surface area contributed by atoms with Gasteiger partial charge in [-0.05, 0) is 55.0 Å². The van der Waals surface area contributed by atoms with Crippen LogP contribution in [0.25, 0.3) is 0 Å². The third-order valence-corrected chi connectivity index (χ3v) is 7.17. The zero-order chi connectivity index (χ0) is 20.0. The van der Waals surface area contributed by atoms with Crippen molar-refractivity contribution in [2.75, 3.05) is 13.1 Å². The maximum atomic E-state index is 13.0. The highest BCUT2D eigenvalue weighted by Crippen LogP contribution is 2.23. The summed E-state index contributed by atoms with van der Waals surface area (Å²) in [6.45, 7) is 3.78. The molecule has 3 rings (SSSR count). The van der Waals surface area contributed by atoms with Crippen molar-refractivity contribution in [2.45, 2.75) is 49.7 Å². The first-order chi connectivity index (χ1) is 13.5. The molecule has 1 unspecified atom stereocenters. The Morgan fingerprint density at radius 2 is 1.82 bits per heavy atom. The minimum atomic E-state index is -3.43. The van der Waals surface area contributed by atoms with Crippen molar-refractivity contribution in [3.05, 3.63) is 65.7 Å². The maximum absolute atomic E-state index is 13.0. The normalized spacial score (nSPS) is 17.9. The van der Waals surface area contributed by atoms with Gasteiger partial charge in [-0.25, -0.2) is 8.42 Å². The summed E-state index contributed by atoms with van der Waals surface area (Å²) in [7, 11) is -3.43. The Balaban J connectivity index is 1.71. The van der Waals surface area contributed by atoms with E-state index in [0.29, 0.717) is 21.9 Å². The summed E-state index contributed by atoms with van der Waals surface area (Å²) in [6.07, 6.45) is 5.71. The van der Waals surface area contributed by atoms with Crippen LogP contribution in [0.3, 0.4) is 0 Å². The molecule has 0 spiro atoms. The lowest BCUT2D eigenvalue weighted by molar-refractivity contribution is 0.0759. The van der Waals surface area contributed by atoms with Gasteiger partial charge in [-0.15, -0.1) is 0 Å². The van der Waals surface area contributed by atoms with Gasteiger partial charge in [-0.1, -0.05) is 50.1 Å². The molecule has 1 atom stereocenters. The molecule has 0 aromatic heterocycles. The van der Waals surface area contributed by atoms with Gasteiger partial charge in [0.15, 0.2) is 9.84 Å². The summed E-state index contributed by atoms with van der Waals surface area (Å²) >= 11 is 0. The van der Waals surface area contributed by atoms with Crippen LogP contribution >= 0.6 is 0 Å². The van der Waals surface area contributed by atoms with E-state index in [9.17, 15) is 13.2 Å². The van der Waals surface area contributed by atoms with Gasteiger partial charge in [-0.3, -0.25) is 4.79 Å². The van der Waals surface area contributed by atoms with E-state index in [0.717, 1.165) is 25.9 Å². The van der Waals surface area contributed by atoms with E-state index in [1.165, 1.54) is 19.3 Å². The molecule has 1 amide bonds. The topological polar surface area (TPSA) is 54.5 Å². The molecular formula is C23H29NO3S. The summed E-state index contributed by atoms with van der Waals surface area (Å²) < 4.78 is 25.3. The van der Waals surface area contributed by atoms with E-state index in [-0.39, 0.29) is 11.7 Å². The van der Waals surface area contributed by atoms with Crippen molar-refractivity contribution in [3.63, 3.8) is 0 Å². The lowest BCUT2D eigenvalue weighted by Crippen LogP contribution is -2.32. The van der Waals surface area contributed by atoms with Crippen LogP contribution in [0.2, 0.25) is 0 Å². The Labute approximate surface area is 168 Å². The number of amides is 1. The molecule has 1 heterocycles. The van der Waals surface area contributed by atoms with E-state index in [1.54, 1.807) is 54.6 Å². The molecule has 0 radical (unpaired) electrons. The highest BCUT2D eigenvalue weighted by atomic mass is 32.2. The van der Waals surface area contributed by atoms with Crippen LogP contribution in [0.15, 0.2) is 59.5 Å². The van der Waals surface area contributed by atoms with E-state index < -0.39 is 9.84 Å². The summed E-state index contributed by atoms with van der Waals surface area (Å²) in [6, 6.07) is 15.5. The molecule has 0 N–H and O–H groups in total. The number of hydrogen-bond acceptors (Lipinski definition) is 3. The van der Waals surface area contributed by atoms with Crippen LogP contribution in [0.1, 0.15) is 54.9 Å². The molecule has 1 aliphatic heterocycles. The SMILES string of the molecule is CCCC1CCCN(C(=O)c2cccc(CS(=O)(=O)c3ccccc3)c2)CC1. The van der Waals surface area contributed by atoms with E-state index in [4.69, 9.17) is 0 Å². The van der Waals surface area contributed by atoms with Gasteiger partial charge in [-0.2, -0.15) is 0 Å². The monoisotopic (exact) mass is 399 g/mol. The lowest BCUT2D eigenvalue weighted by Gasteiger charge is -2.21. The number of sulfone groups is 1. The fraction of sp³-hybridized carbons (Fsp3) is 0.435. The molecule has 0 saturated carbocycles. The number of benzene rings is 2. The Morgan fingerprint density at radius 1 is 1.04 bits per heavy atom. The second-order valence-electron chi connectivity index (χ2n) is 7.65. The molecule has 4 nitrogen and oxygen atoms in total. The van der Waals surface area contributed by atoms with Gasteiger partial charge in [0.2, 0.25) is 0 Å². The van der Waals surface area contributed by atoms with Crippen LogP contribution < -0.4 is 0 Å². The highest BCUT2D eigenvalue weighted by Gasteiger charge is 2.22. The molecule has 2 aromatic rings. The molecule has 1 aliphatic rings. The zero-order valence-electron chi connectivity index (χ0n) is 16.5. The first-order valence-corrected chi connectivity index (χ1v) is 11.8. The first-order valence-electron chi connectivity index (χ1n) is 10.2. The molecule has 28 heavy (non-hydrogen) atoms. The molecule has 1 saturated heterocycles. The number of likely N-dealkylation sites (tertiary alicyclic amines) is 1. The Bertz CT molecular complexity index is 893. The van der Waals surface area contributed by atoms with Gasteiger partial charge in [0.1, 0.15) is 0 Å². The van der Waals surface area contributed by atoms with Crippen LogP contribution in [-0.4, -0.2) is 32.3 Å². The van der Waals surface area contributed by atoms with Crippen molar-refractivity contribution in [3.8, 4) is 0 Å². The second-order valence-corrected chi connectivity index (χ2v) is 9.64. The Kier molecular flexibility index (Phi) is 6.89. The number of nitrogens with zero attached hydrogens (tertiary/aromatic N) is 1. The predicted octanol–water partition coefficient (Wildman–Crippen LogP) is 4.70. The largest absolute Gasteiger partial charge is 0.339 e. The van der Waals surface area contributed by atoms with Gasteiger partial charge in [0, 0.05) is 18.7 Å². The van der Waals surface area contributed by atoms with Crippen molar-refractivity contribution >= 4 is 15.7 Å². The molecule has 0 bridgehead atoms. The fourth-order valence-corrected chi connectivity index (χ4v) is 5.33. The highest BCUT2D eigenvalue weighted by molar-refractivity contribution is 7.90. The minimum Gasteiger partial charge on any atom is -0.339 e. The molecule has 1 fully saturated rings. The molecule has 150 valence electrons. The smallest absolute Gasteiger partial charge is 0.253 e. The van der Waals surface area contributed by atoms with Crippen molar-refractivity contribution in [1.29, 1.82) is 0 Å². The fourth-order valence-electron chi connectivity index (χ4n) is 3.97. The third kappa shape index (κ3) is 5.22.